The zero-order valence-electron chi connectivity index (χ0n) is 17.9. The number of Topliss-reactive ketones (excluding diaryl/α,β-unsaturated/α-hetero) is 2. The Morgan fingerprint density at radius 1 is 1.16 bits per heavy atom. The summed E-state index contributed by atoms with van der Waals surface area (Å²) in [6.07, 6.45) is 2.04. The first-order chi connectivity index (χ1) is 14.6. The second kappa shape index (κ2) is 10.7. The fourth-order valence-corrected chi connectivity index (χ4v) is 4.89. The molecule has 0 saturated carbocycles. The number of aromatic amines is 1. The Kier molecular flexibility index (Phi) is 8.60. The SMILES string of the molecule is CSCCC(NS(=O)(=O)c1ccccc1)C(=O)OCC(=O)c1[nH]c(C)c(C(C)=O)c1C. The number of hydrogen-bond acceptors (Lipinski definition) is 7. The number of carbonyl (C=O) groups excluding carboxylic acids is 3. The van der Waals surface area contributed by atoms with Gasteiger partial charge in [-0.3, -0.25) is 14.4 Å². The summed E-state index contributed by atoms with van der Waals surface area (Å²) in [6, 6.07) is 6.56. The fraction of sp³-hybridized carbons (Fsp3) is 0.381. The van der Waals surface area contributed by atoms with Crippen LogP contribution in [0.3, 0.4) is 0 Å². The molecule has 2 aromatic rings. The minimum absolute atomic E-state index is 0.0299. The Morgan fingerprint density at radius 2 is 1.81 bits per heavy atom. The molecule has 0 fully saturated rings. The number of hydrogen-bond donors (Lipinski definition) is 2. The Hall–Kier alpha value is -2.43. The number of esters is 1. The van der Waals surface area contributed by atoms with Crippen LogP contribution in [0.1, 0.15) is 45.4 Å². The lowest BCUT2D eigenvalue weighted by atomic mass is 10.1. The smallest absolute Gasteiger partial charge is 0.324 e. The molecule has 31 heavy (non-hydrogen) atoms. The van der Waals surface area contributed by atoms with Crippen LogP contribution in [0.2, 0.25) is 0 Å². The van der Waals surface area contributed by atoms with Crippen LogP contribution >= 0.6 is 11.8 Å². The van der Waals surface area contributed by atoms with Crippen molar-refractivity contribution in [3.05, 3.63) is 52.8 Å². The summed E-state index contributed by atoms with van der Waals surface area (Å²) < 4.78 is 32.7. The molecule has 1 unspecified atom stereocenters. The number of thioether (sulfide) groups is 1. The molecule has 10 heteroatoms. The van der Waals surface area contributed by atoms with Gasteiger partial charge in [0.15, 0.2) is 12.4 Å². The largest absolute Gasteiger partial charge is 0.456 e. The maximum absolute atomic E-state index is 12.6. The van der Waals surface area contributed by atoms with Crippen molar-refractivity contribution in [2.45, 2.75) is 38.1 Å². The van der Waals surface area contributed by atoms with Crippen molar-refractivity contribution < 1.29 is 27.5 Å². The Labute approximate surface area is 186 Å². The molecule has 0 saturated heterocycles. The van der Waals surface area contributed by atoms with Crippen LogP contribution in [0.5, 0.6) is 0 Å². The molecular formula is C21H26N2O6S2. The minimum atomic E-state index is -3.93. The van der Waals surface area contributed by atoms with Gasteiger partial charge in [-0.1, -0.05) is 18.2 Å². The van der Waals surface area contributed by atoms with Gasteiger partial charge < -0.3 is 9.72 Å². The van der Waals surface area contributed by atoms with Crippen LogP contribution in [0.25, 0.3) is 0 Å². The van der Waals surface area contributed by atoms with E-state index in [1.165, 1.54) is 30.8 Å². The molecular weight excluding hydrogens is 440 g/mol. The van der Waals surface area contributed by atoms with Crippen LogP contribution in [0, 0.1) is 13.8 Å². The highest BCUT2D eigenvalue weighted by molar-refractivity contribution is 7.98. The van der Waals surface area contributed by atoms with Crippen molar-refractivity contribution in [2.24, 2.45) is 0 Å². The Bertz CT molecular complexity index is 1060. The van der Waals surface area contributed by atoms with E-state index in [1.807, 2.05) is 6.26 Å². The molecule has 2 N–H and O–H groups in total. The number of rotatable bonds is 11. The van der Waals surface area contributed by atoms with Crippen molar-refractivity contribution in [3.63, 3.8) is 0 Å². The number of ketones is 2. The quantitative estimate of drug-likeness (QED) is 0.385. The number of aromatic nitrogens is 1. The van der Waals surface area contributed by atoms with E-state index in [0.717, 1.165) is 0 Å². The predicted octanol–water partition coefficient (Wildman–Crippen LogP) is 2.66. The zero-order chi connectivity index (χ0) is 23.2. The van der Waals surface area contributed by atoms with Gasteiger partial charge in [0.05, 0.1) is 10.6 Å². The topological polar surface area (TPSA) is 122 Å². The first-order valence-corrected chi connectivity index (χ1v) is 12.4. The molecule has 0 aliphatic carbocycles. The summed E-state index contributed by atoms with van der Waals surface area (Å²) in [5, 5.41) is 0. The van der Waals surface area contributed by atoms with E-state index < -0.39 is 34.4 Å². The van der Waals surface area contributed by atoms with E-state index in [4.69, 9.17) is 4.74 Å². The second-order valence-corrected chi connectivity index (χ2v) is 9.68. The van der Waals surface area contributed by atoms with Gasteiger partial charge in [0.2, 0.25) is 15.8 Å². The zero-order valence-corrected chi connectivity index (χ0v) is 19.5. The number of benzene rings is 1. The van der Waals surface area contributed by atoms with E-state index in [9.17, 15) is 22.8 Å². The summed E-state index contributed by atoms with van der Waals surface area (Å²) in [4.78, 5) is 39.8. The lowest BCUT2D eigenvalue weighted by molar-refractivity contribution is -0.144. The monoisotopic (exact) mass is 466 g/mol. The van der Waals surface area contributed by atoms with Crippen LogP contribution in [0.15, 0.2) is 35.2 Å². The number of ether oxygens (including phenoxy) is 1. The first kappa shape index (κ1) is 24.8. The van der Waals surface area contributed by atoms with Crippen molar-refractivity contribution >= 4 is 39.3 Å². The maximum Gasteiger partial charge on any atom is 0.324 e. The molecule has 0 amide bonds. The molecule has 8 nitrogen and oxygen atoms in total. The number of nitrogens with one attached hydrogen (secondary N) is 2. The summed E-state index contributed by atoms with van der Waals surface area (Å²) in [5.74, 6) is -0.998. The summed E-state index contributed by atoms with van der Waals surface area (Å²) in [6.45, 7) is 4.17. The fourth-order valence-electron chi connectivity index (χ4n) is 3.18. The predicted molar refractivity (Wildman–Crippen MR) is 119 cm³/mol. The third-order valence-corrected chi connectivity index (χ3v) is 6.79. The van der Waals surface area contributed by atoms with Crippen molar-refractivity contribution in [1.29, 1.82) is 0 Å². The van der Waals surface area contributed by atoms with Crippen LogP contribution in [0.4, 0.5) is 0 Å². The first-order valence-electron chi connectivity index (χ1n) is 9.54. The van der Waals surface area contributed by atoms with E-state index >= 15 is 0 Å². The third-order valence-electron chi connectivity index (χ3n) is 4.66. The van der Waals surface area contributed by atoms with Gasteiger partial charge in [-0.15, -0.1) is 0 Å². The van der Waals surface area contributed by atoms with Gasteiger partial charge in [0.25, 0.3) is 0 Å². The van der Waals surface area contributed by atoms with Crippen LogP contribution < -0.4 is 4.72 Å². The lowest BCUT2D eigenvalue weighted by Crippen LogP contribution is -2.42. The molecule has 0 bridgehead atoms. The normalized spacial score (nSPS) is 12.4. The van der Waals surface area contributed by atoms with E-state index in [0.29, 0.717) is 22.6 Å². The molecule has 168 valence electrons. The van der Waals surface area contributed by atoms with Gasteiger partial charge in [-0.25, -0.2) is 8.42 Å². The highest BCUT2D eigenvalue weighted by Crippen LogP contribution is 2.19. The van der Waals surface area contributed by atoms with Gasteiger partial charge in [0.1, 0.15) is 6.04 Å². The lowest BCUT2D eigenvalue weighted by Gasteiger charge is -2.17. The molecule has 0 radical (unpaired) electrons. The maximum atomic E-state index is 12.6. The molecule has 1 atom stereocenters. The van der Waals surface area contributed by atoms with E-state index in [2.05, 4.69) is 9.71 Å². The van der Waals surface area contributed by atoms with Gasteiger partial charge >= 0.3 is 5.97 Å². The van der Waals surface area contributed by atoms with E-state index in [-0.39, 0.29) is 22.8 Å². The Balaban J connectivity index is 2.11. The van der Waals surface area contributed by atoms with Gasteiger partial charge in [0, 0.05) is 11.3 Å². The minimum Gasteiger partial charge on any atom is -0.456 e. The molecule has 2 rings (SSSR count). The van der Waals surface area contributed by atoms with Gasteiger partial charge in [-0.05, 0) is 56.9 Å². The highest BCUT2D eigenvalue weighted by Gasteiger charge is 2.28. The number of sulfonamides is 1. The molecule has 0 spiro atoms. The standard InChI is InChI=1S/C21H26N2O6S2/c1-13-19(15(3)24)14(2)22-20(13)18(25)12-29-21(26)17(10-11-30-4)23-31(27,28)16-8-6-5-7-9-16/h5-9,17,22-23H,10-12H2,1-4H3. The number of aryl methyl sites for hydroxylation is 1. The number of carbonyl (C=O) groups is 3. The molecule has 1 aromatic carbocycles. The van der Waals surface area contributed by atoms with Gasteiger partial charge in [-0.2, -0.15) is 16.5 Å². The van der Waals surface area contributed by atoms with Crippen LogP contribution in [-0.2, 0) is 19.6 Å². The molecule has 1 heterocycles. The summed E-state index contributed by atoms with van der Waals surface area (Å²) >= 11 is 1.45. The average molecular weight is 467 g/mol. The summed E-state index contributed by atoms with van der Waals surface area (Å²) in [5.41, 5.74) is 1.69. The van der Waals surface area contributed by atoms with Crippen LogP contribution in [-0.4, -0.2) is 55.6 Å². The molecule has 0 aliphatic heterocycles. The second-order valence-electron chi connectivity index (χ2n) is 6.98. The van der Waals surface area contributed by atoms with Crippen molar-refractivity contribution in [2.75, 3.05) is 18.6 Å². The average Bonchev–Trinajstić information content (AvgIpc) is 3.03. The Morgan fingerprint density at radius 3 is 2.35 bits per heavy atom. The third kappa shape index (κ3) is 6.28. The molecule has 1 aromatic heterocycles. The van der Waals surface area contributed by atoms with E-state index in [1.54, 1.807) is 32.0 Å². The summed E-state index contributed by atoms with van der Waals surface area (Å²) in [7, 11) is -3.93. The molecule has 0 aliphatic rings. The number of H-pyrrole nitrogens is 1. The highest BCUT2D eigenvalue weighted by atomic mass is 32.2. The van der Waals surface area contributed by atoms with Crippen molar-refractivity contribution in [1.82, 2.24) is 9.71 Å². The van der Waals surface area contributed by atoms with Crippen molar-refractivity contribution in [3.8, 4) is 0 Å².